The van der Waals surface area contributed by atoms with Gasteiger partial charge in [0.05, 0.1) is 26.4 Å². The summed E-state index contributed by atoms with van der Waals surface area (Å²) in [5.41, 5.74) is 0. The van der Waals surface area contributed by atoms with Crippen LogP contribution >= 0.6 is 15.6 Å². The zero-order valence-electron chi connectivity index (χ0n) is 67.1. The molecule has 2 unspecified atom stereocenters. The molecule has 606 valence electrons. The zero-order chi connectivity index (χ0) is 75.1. The number of aliphatic hydroxyl groups is 1. The molecular formula is C83H162O17P2. The fourth-order valence-electron chi connectivity index (χ4n) is 12.8. The third-order valence-corrected chi connectivity index (χ3v) is 21.3. The van der Waals surface area contributed by atoms with Gasteiger partial charge < -0.3 is 33.8 Å². The molecule has 0 spiro atoms. The predicted octanol–water partition coefficient (Wildman–Crippen LogP) is 24.9. The Morgan fingerprint density at radius 1 is 0.265 bits per heavy atom. The highest BCUT2D eigenvalue weighted by Gasteiger charge is 2.30. The van der Waals surface area contributed by atoms with Crippen molar-refractivity contribution < 1.29 is 80.2 Å². The maximum atomic E-state index is 13.1. The largest absolute Gasteiger partial charge is 0.472 e. The van der Waals surface area contributed by atoms with E-state index in [2.05, 4.69) is 48.5 Å². The number of ether oxygens (including phenoxy) is 4. The number of unbranched alkanes of at least 4 members (excludes halogenated alkanes) is 49. The van der Waals surface area contributed by atoms with Crippen molar-refractivity contribution in [1.29, 1.82) is 0 Å². The highest BCUT2D eigenvalue weighted by molar-refractivity contribution is 7.47. The van der Waals surface area contributed by atoms with E-state index in [-0.39, 0.29) is 25.7 Å². The van der Waals surface area contributed by atoms with Gasteiger partial charge in [0.1, 0.15) is 19.3 Å². The van der Waals surface area contributed by atoms with Crippen LogP contribution in [0.25, 0.3) is 0 Å². The fourth-order valence-corrected chi connectivity index (χ4v) is 14.4. The number of esters is 4. The van der Waals surface area contributed by atoms with Crippen LogP contribution in [-0.4, -0.2) is 96.7 Å². The number of rotatable bonds is 81. The van der Waals surface area contributed by atoms with Crippen LogP contribution in [0.2, 0.25) is 0 Å². The minimum absolute atomic E-state index is 0.105. The quantitative estimate of drug-likeness (QED) is 0.0222. The maximum absolute atomic E-state index is 13.1. The topological polar surface area (TPSA) is 237 Å². The summed E-state index contributed by atoms with van der Waals surface area (Å²) in [7, 11) is -9.92. The average molecular weight is 1490 g/mol. The summed E-state index contributed by atoms with van der Waals surface area (Å²) in [5.74, 6) is 0.125. The summed E-state index contributed by atoms with van der Waals surface area (Å²) in [5, 5.41) is 10.6. The summed E-state index contributed by atoms with van der Waals surface area (Å²) in [4.78, 5) is 73.0. The third-order valence-electron chi connectivity index (χ3n) is 19.4. The Bertz CT molecular complexity index is 1970. The molecule has 0 aromatic heterocycles. The smallest absolute Gasteiger partial charge is 0.462 e. The van der Waals surface area contributed by atoms with Crippen molar-refractivity contribution in [3.8, 4) is 0 Å². The van der Waals surface area contributed by atoms with E-state index in [0.29, 0.717) is 31.6 Å². The molecule has 0 radical (unpaired) electrons. The first-order valence-corrected chi connectivity index (χ1v) is 45.8. The van der Waals surface area contributed by atoms with E-state index in [1.54, 1.807) is 0 Å². The summed E-state index contributed by atoms with van der Waals surface area (Å²) in [6, 6.07) is 0. The van der Waals surface area contributed by atoms with Crippen LogP contribution in [0.1, 0.15) is 434 Å². The lowest BCUT2D eigenvalue weighted by atomic mass is 10.0. The van der Waals surface area contributed by atoms with Crippen LogP contribution in [0.3, 0.4) is 0 Å². The number of phosphoric acid groups is 2. The Kier molecular flexibility index (Phi) is 71.8. The Balaban J connectivity index is 5.20. The lowest BCUT2D eigenvalue weighted by Gasteiger charge is -2.21. The number of carbonyl (C=O) groups excluding carboxylic acids is 4. The van der Waals surface area contributed by atoms with Gasteiger partial charge in [-0.1, -0.05) is 382 Å². The van der Waals surface area contributed by atoms with Gasteiger partial charge in [-0.3, -0.25) is 37.3 Å². The van der Waals surface area contributed by atoms with Crippen molar-refractivity contribution in [2.24, 2.45) is 17.8 Å². The minimum atomic E-state index is -4.96. The van der Waals surface area contributed by atoms with Gasteiger partial charge in [0.2, 0.25) is 0 Å². The van der Waals surface area contributed by atoms with Gasteiger partial charge in [-0.2, -0.15) is 0 Å². The number of carbonyl (C=O) groups is 4. The molecule has 0 rings (SSSR count). The van der Waals surface area contributed by atoms with Gasteiger partial charge in [-0.15, -0.1) is 0 Å². The number of phosphoric ester groups is 2. The second-order valence-electron chi connectivity index (χ2n) is 31.3. The Morgan fingerprint density at radius 3 is 0.667 bits per heavy atom. The number of hydrogen-bond donors (Lipinski definition) is 3. The molecule has 0 aliphatic heterocycles. The molecule has 0 aliphatic rings. The minimum Gasteiger partial charge on any atom is -0.462 e. The first-order chi connectivity index (χ1) is 49.2. The summed E-state index contributed by atoms with van der Waals surface area (Å²) in [6.45, 7) is 11.9. The molecule has 0 aliphatic carbocycles. The van der Waals surface area contributed by atoms with Crippen molar-refractivity contribution in [3.63, 3.8) is 0 Å². The first-order valence-electron chi connectivity index (χ1n) is 42.8. The number of aliphatic hydroxyl groups excluding tert-OH is 1. The van der Waals surface area contributed by atoms with Gasteiger partial charge >= 0.3 is 39.5 Å². The molecule has 0 saturated carbocycles. The van der Waals surface area contributed by atoms with E-state index >= 15 is 0 Å². The van der Waals surface area contributed by atoms with Crippen molar-refractivity contribution in [3.05, 3.63) is 0 Å². The molecule has 0 heterocycles. The van der Waals surface area contributed by atoms with E-state index in [1.165, 1.54) is 238 Å². The van der Waals surface area contributed by atoms with Crippen LogP contribution in [0.4, 0.5) is 0 Å². The van der Waals surface area contributed by atoms with Crippen LogP contribution in [0.5, 0.6) is 0 Å². The second kappa shape index (κ2) is 73.2. The van der Waals surface area contributed by atoms with E-state index in [1.807, 2.05) is 0 Å². The predicted molar refractivity (Wildman–Crippen MR) is 418 cm³/mol. The molecule has 0 saturated heterocycles. The van der Waals surface area contributed by atoms with Crippen LogP contribution < -0.4 is 0 Å². The first kappa shape index (κ1) is 100. The molecular weight excluding hydrogens is 1330 g/mol. The summed E-state index contributed by atoms with van der Waals surface area (Å²) < 4.78 is 68.7. The monoisotopic (exact) mass is 1490 g/mol. The summed E-state index contributed by atoms with van der Waals surface area (Å²) in [6.07, 6.45) is 62.8. The Morgan fingerprint density at radius 2 is 0.451 bits per heavy atom. The molecule has 3 N–H and O–H groups in total. The second-order valence-corrected chi connectivity index (χ2v) is 34.2. The van der Waals surface area contributed by atoms with E-state index in [0.717, 1.165) is 108 Å². The lowest BCUT2D eigenvalue weighted by molar-refractivity contribution is -0.161. The van der Waals surface area contributed by atoms with Crippen LogP contribution in [-0.2, 0) is 65.4 Å². The standard InChI is InChI=1S/C83H162O17P2/c1-8-9-10-11-12-13-14-15-16-17-18-19-20-21-22-25-29-32-38-43-52-59-66-82(87)99-78(70-93-80(85)64-57-50-42-37-31-28-26-23-24-27-30-35-40-47-54-61-74(2)3)72-97-101(89,90)95-68-77(84)69-96-102(91,92)98-73-79(71-94-81(86)65-58-51-46-45-49-56-63-76(6)7)100-83(88)67-60-53-44-39-34-33-36-41-48-55-62-75(4)5/h74-79,84H,8-73H2,1-7H3,(H,89,90)(H,91,92)/t77-,78-,79-/m1/s1. The van der Waals surface area contributed by atoms with Crippen molar-refractivity contribution in [2.75, 3.05) is 39.6 Å². The van der Waals surface area contributed by atoms with Crippen molar-refractivity contribution in [2.45, 2.75) is 452 Å². The fraction of sp³-hybridized carbons (Fsp3) is 0.952. The van der Waals surface area contributed by atoms with Crippen LogP contribution in [0.15, 0.2) is 0 Å². The Hall–Kier alpha value is -1.94. The molecule has 0 amide bonds. The molecule has 0 fully saturated rings. The molecule has 0 aromatic carbocycles. The molecule has 0 aromatic rings. The van der Waals surface area contributed by atoms with Crippen LogP contribution in [0, 0.1) is 17.8 Å². The molecule has 102 heavy (non-hydrogen) atoms. The normalized spacial score (nSPS) is 13.9. The average Bonchev–Trinajstić information content (AvgIpc) is 0.909. The third kappa shape index (κ3) is 76.3. The summed E-state index contributed by atoms with van der Waals surface area (Å²) >= 11 is 0. The van der Waals surface area contributed by atoms with Crippen molar-refractivity contribution in [1.82, 2.24) is 0 Å². The lowest BCUT2D eigenvalue weighted by Crippen LogP contribution is -2.30. The van der Waals surface area contributed by atoms with Gasteiger partial charge in [-0.25, -0.2) is 9.13 Å². The van der Waals surface area contributed by atoms with Gasteiger partial charge in [0.15, 0.2) is 12.2 Å². The SMILES string of the molecule is CCCCCCCCCCCCCCCCCCCCCCCCC(=O)O[C@H](COC(=O)CCCCCCCCCCCCCCCCCC(C)C)COP(=O)(O)OC[C@@H](O)COP(=O)(O)OC[C@@H](COC(=O)CCCCCCCCC(C)C)OC(=O)CCCCCCCCCCCCC(C)C. The van der Waals surface area contributed by atoms with E-state index in [4.69, 9.17) is 37.0 Å². The Labute approximate surface area is 626 Å². The maximum Gasteiger partial charge on any atom is 0.472 e. The molecule has 0 bridgehead atoms. The van der Waals surface area contributed by atoms with Crippen molar-refractivity contribution >= 4 is 39.5 Å². The number of hydrogen-bond acceptors (Lipinski definition) is 15. The highest BCUT2D eigenvalue weighted by Crippen LogP contribution is 2.45. The van der Waals surface area contributed by atoms with Gasteiger partial charge in [0.25, 0.3) is 0 Å². The van der Waals surface area contributed by atoms with E-state index in [9.17, 15) is 43.2 Å². The van der Waals surface area contributed by atoms with Gasteiger partial charge in [0, 0.05) is 25.7 Å². The highest BCUT2D eigenvalue weighted by atomic mass is 31.2. The molecule has 17 nitrogen and oxygen atoms in total. The molecule has 5 atom stereocenters. The van der Waals surface area contributed by atoms with Gasteiger partial charge in [-0.05, 0) is 43.4 Å². The zero-order valence-corrected chi connectivity index (χ0v) is 68.9. The molecule has 19 heteroatoms. The van der Waals surface area contributed by atoms with E-state index < -0.39 is 97.5 Å².